The van der Waals surface area contributed by atoms with Gasteiger partial charge in [0.05, 0.1) is 5.02 Å². The van der Waals surface area contributed by atoms with Gasteiger partial charge in [0.15, 0.2) is 0 Å². The number of piperidine rings is 1. The summed E-state index contributed by atoms with van der Waals surface area (Å²) in [6.07, 6.45) is 2.72. The summed E-state index contributed by atoms with van der Waals surface area (Å²) >= 11 is 5.89. The highest BCUT2D eigenvalue weighted by Crippen LogP contribution is 2.19. The fourth-order valence-electron chi connectivity index (χ4n) is 2.46. The van der Waals surface area contributed by atoms with E-state index in [-0.39, 0.29) is 11.9 Å². The minimum Gasteiger partial charge on any atom is -0.345 e. The van der Waals surface area contributed by atoms with Crippen LogP contribution in [0.15, 0.2) is 12.3 Å². The topological polar surface area (TPSA) is 51.3 Å². The second-order valence-electron chi connectivity index (χ2n) is 4.97. The van der Waals surface area contributed by atoms with Gasteiger partial charge in [0.25, 0.3) is 5.91 Å². The van der Waals surface area contributed by atoms with Gasteiger partial charge in [0.2, 0.25) is 0 Å². The maximum absolute atomic E-state index is 12.3. The smallest absolute Gasteiger partial charge is 0.270 e. The fourth-order valence-corrected chi connectivity index (χ4v) is 2.71. The van der Waals surface area contributed by atoms with E-state index in [0.29, 0.717) is 23.2 Å². The Balaban J connectivity index is 2.17. The average molecular weight is 256 g/mol. The largest absolute Gasteiger partial charge is 0.345 e. The van der Waals surface area contributed by atoms with Crippen LogP contribution in [0.3, 0.4) is 0 Å². The maximum atomic E-state index is 12.3. The van der Waals surface area contributed by atoms with E-state index >= 15 is 0 Å². The molecule has 2 unspecified atom stereocenters. The predicted molar refractivity (Wildman–Crippen MR) is 68.1 cm³/mol. The van der Waals surface area contributed by atoms with E-state index in [0.717, 1.165) is 13.0 Å². The van der Waals surface area contributed by atoms with Gasteiger partial charge in [0.1, 0.15) is 5.69 Å². The molecule has 0 bridgehead atoms. The summed E-state index contributed by atoms with van der Waals surface area (Å²) in [5, 5.41) is 0.588. The van der Waals surface area contributed by atoms with Crippen molar-refractivity contribution in [1.82, 2.24) is 9.47 Å². The Hall–Kier alpha value is -1.00. The van der Waals surface area contributed by atoms with Crippen LogP contribution >= 0.6 is 11.6 Å². The van der Waals surface area contributed by atoms with Crippen LogP contribution in [0.1, 0.15) is 23.8 Å². The molecule has 5 heteroatoms. The van der Waals surface area contributed by atoms with Crippen molar-refractivity contribution < 1.29 is 4.79 Å². The Kier molecular flexibility index (Phi) is 3.45. The van der Waals surface area contributed by atoms with Gasteiger partial charge in [-0.15, -0.1) is 0 Å². The number of rotatable bonds is 1. The SMILES string of the molecule is CC1CC(N)CN(C(=O)c2cc(Cl)cn2C)C1. The normalized spacial score (nSPS) is 25.1. The molecule has 1 aliphatic heterocycles. The molecule has 0 saturated carbocycles. The van der Waals surface area contributed by atoms with Gasteiger partial charge in [-0.05, 0) is 18.4 Å². The van der Waals surface area contributed by atoms with Gasteiger partial charge in [-0.3, -0.25) is 4.79 Å². The van der Waals surface area contributed by atoms with Crippen molar-refractivity contribution in [3.05, 3.63) is 23.0 Å². The number of aryl methyl sites for hydroxylation is 1. The average Bonchev–Trinajstić information content (AvgIpc) is 2.55. The molecule has 0 spiro atoms. The Bertz CT molecular complexity index is 419. The highest BCUT2D eigenvalue weighted by molar-refractivity contribution is 6.31. The van der Waals surface area contributed by atoms with Gasteiger partial charge in [-0.2, -0.15) is 0 Å². The number of likely N-dealkylation sites (tertiary alicyclic amines) is 1. The Labute approximate surface area is 106 Å². The number of aromatic nitrogens is 1. The van der Waals surface area contributed by atoms with Crippen LogP contribution in [0, 0.1) is 5.92 Å². The molecule has 1 saturated heterocycles. The summed E-state index contributed by atoms with van der Waals surface area (Å²) in [6.45, 7) is 3.53. The second-order valence-corrected chi connectivity index (χ2v) is 5.40. The molecule has 1 fully saturated rings. The van der Waals surface area contributed by atoms with Crippen LogP contribution in [0.2, 0.25) is 5.02 Å². The number of halogens is 1. The van der Waals surface area contributed by atoms with Crippen molar-refractivity contribution in [2.75, 3.05) is 13.1 Å². The third-order valence-corrected chi connectivity index (χ3v) is 3.38. The van der Waals surface area contributed by atoms with Crippen LogP contribution in [0.5, 0.6) is 0 Å². The zero-order valence-electron chi connectivity index (χ0n) is 10.2. The molecule has 94 valence electrons. The minimum absolute atomic E-state index is 0.0152. The van der Waals surface area contributed by atoms with Crippen molar-refractivity contribution in [3.63, 3.8) is 0 Å². The molecule has 1 aliphatic rings. The molecule has 2 heterocycles. The molecule has 4 nitrogen and oxygen atoms in total. The van der Waals surface area contributed by atoms with Gasteiger partial charge in [-0.25, -0.2) is 0 Å². The van der Waals surface area contributed by atoms with E-state index in [1.54, 1.807) is 16.8 Å². The molecule has 0 aromatic carbocycles. The first-order valence-corrected chi connectivity index (χ1v) is 6.22. The number of hydrogen-bond acceptors (Lipinski definition) is 2. The molecule has 0 aliphatic carbocycles. The fraction of sp³-hybridized carbons (Fsp3) is 0.583. The summed E-state index contributed by atoms with van der Waals surface area (Å²) in [6, 6.07) is 1.78. The van der Waals surface area contributed by atoms with Gasteiger partial charge < -0.3 is 15.2 Å². The lowest BCUT2D eigenvalue weighted by Crippen LogP contribution is -2.49. The molecule has 0 radical (unpaired) electrons. The van der Waals surface area contributed by atoms with Crippen LogP contribution in [0.25, 0.3) is 0 Å². The highest BCUT2D eigenvalue weighted by atomic mass is 35.5. The summed E-state index contributed by atoms with van der Waals surface area (Å²) < 4.78 is 1.76. The number of amides is 1. The number of hydrogen-bond donors (Lipinski definition) is 1. The first-order valence-electron chi connectivity index (χ1n) is 5.84. The number of nitrogens with two attached hydrogens (primary N) is 1. The monoisotopic (exact) mass is 255 g/mol. The van der Waals surface area contributed by atoms with Crippen molar-refractivity contribution in [2.45, 2.75) is 19.4 Å². The highest BCUT2D eigenvalue weighted by Gasteiger charge is 2.27. The number of carbonyl (C=O) groups excluding carboxylic acids is 1. The van der Waals surface area contributed by atoms with E-state index < -0.39 is 0 Å². The maximum Gasteiger partial charge on any atom is 0.270 e. The summed E-state index contributed by atoms with van der Waals surface area (Å²) in [7, 11) is 1.83. The van der Waals surface area contributed by atoms with Gasteiger partial charge in [0, 0.05) is 32.4 Å². The van der Waals surface area contributed by atoms with Crippen LogP contribution in [0.4, 0.5) is 0 Å². The zero-order chi connectivity index (χ0) is 12.6. The van der Waals surface area contributed by atoms with E-state index in [1.165, 1.54) is 0 Å². The van der Waals surface area contributed by atoms with E-state index in [4.69, 9.17) is 17.3 Å². The third kappa shape index (κ3) is 2.64. The third-order valence-electron chi connectivity index (χ3n) is 3.17. The first kappa shape index (κ1) is 12.5. The molecule has 1 aromatic heterocycles. The molecule has 2 atom stereocenters. The summed E-state index contributed by atoms with van der Waals surface area (Å²) in [5.41, 5.74) is 6.57. The summed E-state index contributed by atoms with van der Waals surface area (Å²) in [5.74, 6) is 0.472. The standard InChI is InChI=1S/C12H18ClN3O/c1-8-3-10(14)7-16(5-8)12(17)11-4-9(13)6-15(11)2/h4,6,8,10H,3,5,7,14H2,1-2H3. The lowest BCUT2D eigenvalue weighted by atomic mass is 9.96. The minimum atomic E-state index is 0.0152. The number of nitrogens with zero attached hydrogens (tertiary/aromatic N) is 2. The molecule has 1 amide bonds. The quantitative estimate of drug-likeness (QED) is 0.827. The predicted octanol–water partition coefficient (Wildman–Crippen LogP) is 1.49. The van der Waals surface area contributed by atoms with Gasteiger partial charge >= 0.3 is 0 Å². The molecular weight excluding hydrogens is 238 g/mol. The van der Waals surface area contributed by atoms with Crippen LogP contribution < -0.4 is 5.73 Å². The Morgan fingerprint density at radius 3 is 2.76 bits per heavy atom. The molecule has 17 heavy (non-hydrogen) atoms. The zero-order valence-corrected chi connectivity index (χ0v) is 10.9. The van der Waals surface area contributed by atoms with E-state index in [9.17, 15) is 4.79 Å². The lowest BCUT2D eigenvalue weighted by molar-refractivity contribution is 0.0651. The molecule has 2 N–H and O–H groups in total. The first-order chi connectivity index (χ1) is 7.97. The summed E-state index contributed by atoms with van der Waals surface area (Å²) in [4.78, 5) is 14.1. The second kappa shape index (κ2) is 4.70. The van der Waals surface area contributed by atoms with Gasteiger partial charge in [-0.1, -0.05) is 18.5 Å². The molecular formula is C12H18ClN3O. The van der Waals surface area contributed by atoms with Crippen LogP contribution in [-0.2, 0) is 7.05 Å². The van der Waals surface area contributed by atoms with E-state index in [2.05, 4.69) is 6.92 Å². The van der Waals surface area contributed by atoms with Crippen molar-refractivity contribution >= 4 is 17.5 Å². The molecule has 2 rings (SSSR count). The molecule has 1 aromatic rings. The van der Waals surface area contributed by atoms with E-state index in [1.807, 2.05) is 11.9 Å². The van der Waals surface area contributed by atoms with Crippen molar-refractivity contribution in [1.29, 1.82) is 0 Å². The number of carbonyl (C=O) groups is 1. The van der Waals surface area contributed by atoms with Crippen molar-refractivity contribution in [2.24, 2.45) is 18.7 Å². The Morgan fingerprint density at radius 1 is 1.53 bits per heavy atom. The lowest BCUT2D eigenvalue weighted by Gasteiger charge is -2.34. The van der Waals surface area contributed by atoms with Crippen LogP contribution in [-0.4, -0.2) is 34.5 Å². The van der Waals surface area contributed by atoms with Crippen molar-refractivity contribution in [3.8, 4) is 0 Å². The Morgan fingerprint density at radius 2 is 2.24 bits per heavy atom.